The van der Waals surface area contributed by atoms with E-state index in [1.165, 1.54) is 11.3 Å². The molecular weight excluding hydrogens is 368 g/mol. The van der Waals surface area contributed by atoms with Crippen LogP contribution in [0.25, 0.3) is 5.57 Å². The van der Waals surface area contributed by atoms with Gasteiger partial charge >= 0.3 is 5.97 Å². The number of piperidine rings is 1. The lowest BCUT2D eigenvalue weighted by molar-refractivity contribution is -0.138. The van der Waals surface area contributed by atoms with Crippen LogP contribution in [0.15, 0.2) is 84.4 Å². The molecular formula is C23H26N2O2S. The first-order chi connectivity index (χ1) is 13.5. The third kappa shape index (κ3) is 5.08. The molecule has 1 aromatic rings. The number of aliphatic carboxylic acids is 1. The summed E-state index contributed by atoms with van der Waals surface area (Å²) in [6.45, 7) is 11.8. The molecule has 5 heteroatoms. The monoisotopic (exact) mass is 394 g/mol. The van der Waals surface area contributed by atoms with Crippen molar-refractivity contribution < 1.29 is 9.90 Å². The predicted octanol–water partition coefficient (Wildman–Crippen LogP) is 5.57. The molecule has 0 spiro atoms. The van der Waals surface area contributed by atoms with Gasteiger partial charge in [-0.05, 0) is 30.6 Å². The molecule has 1 unspecified atom stereocenters. The summed E-state index contributed by atoms with van der Waals surface area (Å²) < 4.78 is 0. The zero-order valence-corrected chi connectivity index (χ0v) is 17.2. The average molecular weight is 395 g/mol. The molecule has 1 aromatic heterocycles. The number of carbonyl (C=O) groups is 1. The lowest BCUT2D eigenvalue weighted by Crippen LogP contribution is -2.46. The molecule has 1 aliphatic rings. The summed E-state index contributed by atoms with van der Waals surface area (Å²) in [6, 6.07) is -0.661. The van der Waals surface area contributed by atoms with Gasteiger partial charge in [0.25, 0.3) is 0 Å². The fraction of sp³-hybridized carbons (Fsp3) is 0.217. The zero-order chi connectivity index (χ0) is 20.5. The number of carboxylic acids is 1. The Labute approximate surface area is 170 Å². The van der Waals surface area contributed by atoms with Crippen molar-refractivity contribution in [2.24, 2.45) is 0 Å². The van der Waals surface area contributed by atoms with Gasteiger partial charge in [-0.25, -0.2) is 9.78 Å². The van der Waals surface area contributed by atoms with E-state index in [0.717, 1.165) is 22.4 Å². The van der Waals surface area contributed by atoms with Gasteiger partial charge in [0.1, 0.15) is 6.04 Å². The smallest absolute Gasteiger partial charge is 0.326 e. The Kier molecular flexibility index (Phi) is 7.96. The Hall–Kier alpha value is -2.92. The predicted molar refractivity (Wildman–Crippen MR) is 120 cm³/mol. The Morgan fingerprint density at radius 2 is 2.04 bits per heavy atom. The topological polar surface area (TPSA) is 53.4 Å². The largest absolute Gasteiger partial charge is 0.480 e. The molecule has 2 rings (SSSR count). The van der Waals surface area contributed by atoms with E-state index in [9.17, 15) is 9.90 Å². The third-order valence-electron chi connectivity index (χ3n) is 4.39. The maximum absolute atomic E-state index is 12.0. The summed E-state index contributed by atoms with van der Waals surface area (Å²) in [5, 5.41) is 12.5. The van der Waals surface area contributed by atoms with Crippen LogP contribution in [0.5, 0.6) is 0 Å². The van der Waals surface area contributed by atoms with E-state index in [4.69, 9.17) is 4.98 Å². The molecule has 0 radical (unpaired) electrons. The van der Waals surface area contributed by atoms with Crippen LogP contribution in [0.2, 0.25) is 0 Å². The maximum atomic E-state index is 12.0. The number of thiazole rings is 1. The normalized spacial score (nSPS) is 21.1. The number of anilines is 1. The summed E-state index contributed by atoms with van der Waals surface area (Å²) >= 11 is 1.46. The van der Waals surface area contributed by atoms with Crippen molar-refractivity contribution in [2.75, 3.05) is 11.4 Å². The van der Waals surface area contributed by atoms with Crippen LogP contribution in [-0.2, 0) is 4.79 Å². The molecule has 0 saturated carbocycles. The van der Waals surface area contributed by atoms with Gasteiger partial charge in [0, 0.05) is 18.3 Å². The molecule has 0 aromatic carbocycles. The molecule has 0 bridgehead atoms. The van der Waals surface area contributed by atoms with Gasteiger partial charge in [-0.3, -0.25) is 0 Å². The Balaban J connectivity index is 2.43. The van der Waals surface area contributed by atoms with Gasteiger partial charge in [0.2, 0.25) is 0 Å². The van der Waals surface area contributed by atoms with Crippen molar-refractivity contribution in [3.05, 3.63) is 90.1 Å². The van der Waals surface area contributed by atoms with Crippen LogP contribution in [0.4, 0.5) is 5.13 Å². The third-order valence-corrected chi connectivity index (χ3v) is 5.27. The zero-order valence-electron chi connectivity index (χ0n) is 16.3. The van der Waals surface area contributed by atoms with Crippen molar-refractivity contribution in [3.8, 4) is 0 Å². The van der Waals surface area contributed by atoms with Crippen LogP contribution < -0.4 is 4.90 Å². The molecule has 1 atom stereocenters. The van der Waals surface area contributed by atoms with E-state index in [1.54, 1.807) is 12.2 Å². The standard InChI is InChI=1S/C23H26N2O2S/c1-5-9-12-17(8-4)20-16-28-23(24-20)25-15-19(13-10-6-2)18(11-7-3)14-21(25)22(26)27/h5-13,16,21H,1,3,14-15H2,2,4H3,(H,26,27)/b10-6-,12-9-,17-8+,18-11-,19-13-. The second kappa shape index (κ2) is 10.4. The highest BCUT2D eigenvalue weighted by Gasteiger charge is 2.34. The second-order valence-electron chi connectivity index (χ2n) is 6.19. The van der Waals surface area contributed by atoms with Crippen LogP contribution in [-0.4, -0.2) is 28.6 Å². The highest BCUT2D eigenvalue weighted by molar-refractivity contribution is 7.13. The van der Waals surface area contributed by atoms with Gasteiger partial charge in [0.05, 0.1) is 5.69 Å². The summed E-state index contributed by atoms with van der Waals surface area (Å²) in [6.07, 6.45) is 17.5. The van der Waals surface area contributed by atoms with E-state index < -0.39 is 12.0 Å². The molecule has 1 saturated heterocycles. The van der Waals surface area contributed by atoms with E-state index in [1.807, 2.05) is 66.7 Å². The van der Waals surface area contributed by atoms with Crippen LogP contribution in [0.1, 0.15) is 26.0 Å². The van der Waals surface area contributed by atoms with Gasteiger partial charge in [-0.15, -0.1) is 11.3 Å². The van der Waals surface area contributed by atoms with Crippen molar-refractivity contribution in [3.63, 3.8) is 0 Å². The van der Waals surface area contributed by atoms with Gasteiger partial charge in [-0.1, -0.05) is 67.8 Å². The minimum atomic E-state index is -0.852. The number of aromatic nitrogens is 1. The van der Waals surface area contributed by atoms with Crippen molar-refractivity contribution >= 4 is 28.0 Å². The summed E-state index contributed by atoms with van der Waals surface area (Å²) in [7, 11) is 0. The average Bonchev–Trinajstić information content (AvgIpc) is 3.17. The summed E-state index contributed by atoms with van der Waals surface area (Å²) in [5.41, 5.74) is 3.88. The number of allylic oxidation sites excluding steroid dienone is 10. The second-order valence-corrected chi connectivity index (χ2v) is 7.02. The minimum Gasteiger partial charge on any atom is -0.480 e. The van der Waals surface area contributed by atoms with E-state index in [2.05, 4.69) is 13.2 Å². The molecule has 1 fully saturated rings. The van der Waals surface area contributed by atoms with Gasteiger partial charge in [-0.2, -0.15) is 0 Å². The van der Waals surface area contributed by atoms with Gasteiger partial charge < -0.3 is 10.0 Å². The molecule has 4 nitrogen and oxygen atoms in total. The minimum absolute atomic E-state index is 0.409. The molecule has 1 N–H and O–H groups in total. The van der Waals surface area contributed by atoms with Crippen molar-refractivity contribution in [1.29, 1.82) is 0 Å². The highest BCUT2D eigenvalue weighted by Crippen LogP contribution is 2.34. The number of hydrogen-bond donors (Lipinski definition) is 1. The summed E-state index contributed by atoms with van der Waals surface area (Å²) in [4.78, 5) is 18.6. The number of carboxylic acid groups (broad SMARTS) is 1. The van der Waals surface area contributed by atoms with E-state index in [0.29, 0.717) is 18.1 Å². The number of rotatable bonds is 7. The van der Waals surface area contributed by atoms with Crippen LogP contribution in [0, 0.1) is 0 Å². The first-order valence-corrected chi connectivity index (χ1v) is 9.98. The Morgan fingerprint density at radius 1 is 1.25 bits per heavy atom. The fourth-order valence-electron chi connectivity index (χ4n) is 2.99. The lowest BCUT2D eigenvalue weighted by Gasteiger charge is -2.35. The maximum Gasteiger partial charge on any atom is 0.326 e. The first kappa shape index (κ1) is 21.4. The number of nitrogens with zero attached hydrogens (tertiary/aromatic N) is 2. The molecule has 0 aliphatic carbocycles. The lowest BCUT2D eigenvalue weighted by atomic mass is 9.91. The highest BCUT2D eigenvalue weighted by atomic mass is 32.1. The van der Waals surface area contributed by atoms with Crippen LogP contribution >= 0.6 is 11.3 Å². The Morgan fingerprint density at radius 3 is 2.64 bits per heavy atom. The molecule has 146 valence electrons. The van der Waals surface area contributed by atoms with E-state index in [-0.39, 0.29) is 0 Å². The van der Waals surface area contributed by atoms with E-state index >= 15 is 0 Å². The van der Waals surface area contributed by atoms with Gasteiger partial charge in [0.15, 0.2) is 5.13 Å². The van der Waals surface area contributed by atoms with Crippen molar-refractivity contribution in [2.45, 2.75) is 26.3 Å². The summed E-state index contributed by atoms with van der Waals surface area (Å²) in [5.74, 6) is -0.852. The first-order valence-electron chi connectivity index (χ1n) is 9.10. The molecule has 28 heavy (non-hydrogen) atoms. The molecule has 2 heterocycles. The molecule has 1 aliphatic heterocycles. The fourth-order valence-corrected chi connectivity index (χ4v) is 3.87. The number of hydrogen-bond acceptors (Lipinski definition) is 4. The Bertz CT molecular complexity index is 884. The van der Waals surface area contributed by atoms with Crippen molar-refractivity contribution in [1.82, 2.24) is 4.98 Å². The quantitative estimate of drug-likeness (QED) is 0.615. The van der Waals surface area contributed by atoms with Crippen LogP contribution in [0.3, 0.4) is 0 Å². The SMILES string of the molecule is C=C/C=C\C(=C/C)c1csc(N2CC(=C/C=C\C)/C(=C\C=C)CC2C(=O)O)n1. The molecule has 0 amide bonds.